The third-order valence-corrected chi connectivity index (χ3v) is 0.363. The Morgan fingerprint density at radius 1 is 1.86 bits per heavy atom. The van der Waals surface area contributed by atoms with Gasteiger partial charge in [0, 0.05) is 6.21 Å². The summed E-state index contributed by atoms with van der Waals surface area (Å²) < 4.78 is 0. The molecule has 0 radical (unpaired) electrons. The number of oxime groups is 1. The third-order valence-electron chi connectivity index (χ3n) is 0.363. The van der Waals surface area contributed by atoms with Crippen LogP contribution in [0.4, 0.5) is 0 Å². The number of hydrogen-bond donors (Lipinski definition) is 1. The van der Waals surface area contributed by atoms with Gasteiger partial charge in [0.1, 0.15) is 6.61 Å². The van der Waals surface area contributed by atoms with Gasteiger partial charge in [0.2, 0.25) is 0 Å². The van der Waals surface area contributed by atoms with Crippen LogP contribution < -0.4 is 0 Å². The van der Waals surface area contributed by atoms with E-state index < -0.39 is 0 Å². The molecule has 0 atom stereocenters. The molecule has 0 saturated carbocycles. The van der Waals surface area contributed by atoms with Crippen molar-refractivity contribution in [3.8, 4) is 0 Å². The molecule has 0 amide bonds. The minimum absolute atomic E-state index is 0.0251. The van der Waals surface area contributed by atoms with Crippen molar-refractivity contribution in [2.45, 2.75) is 6.92 Å². The molecule has 7 heavy (non-hydrogen) atoms. The molecule has 0 spiro atoms. The number of nitrogens with zero attached hydrogens (tertiary/aromatic N) is 1. The lowest BCUT2D eigenvalue weighted by molar-refractivity contribution is 0.0995. The number of aliphatic hydroxyl groups excluding tert-OH is 1. The Morgan fingerprint density at radius 3 is 3.00 bits per heavy atom. The molecule has 0 fully saturated rings. The molecule has 0 unspecified atom stereocenters. The second-order valence-electron chi connectivity index (χ2n) is 0.920. The van der Waals surface area contributed by atoms with Gasteiger partial charge in [-0.1, -0.05) is 5.16 Å². The van der Waals surface area contributed by atoms with E-state index in [1.54, 1.807) is 6.92 Å². The Kier molecular flexibility index (Phi) is 4.99. The van der Waals surface area contributed by atoms with Gasteiger partial charge in [0.05, 0.1) is 6.61 Å². The molecular weight excluding hydrogens is 94.0 g/mol. The van der Waals surface area contributed by atoms with Crippen molar-refractivity contribution in [3.05, 3.63) is 0 Å². The zero-order chi connectivity index (χ0) is 5.54. The van der Waals surface area contributed by atoms with E-state index in [9.17, 15) is 0 Å². The molecule has 0 rings (SSSR count). The molecule has 0 aliphatic carbocycles. The summed E-state index contributed by atoms with van der Waals surface area (Å²) in [4.78, 5) is 4.45. The van der Waals surface area contributed by atoms with Crippen LogP contribution >= 0.6 is 0 Å². The summed E-state index contributed by atoms with van der Waals surface area (Å²) in [6, 6.07) is 0. The topological polar surface area (TPSA) is 41.8 Å². The average Bonchev–Trinajstić information content (AvgIpc) is 1.69. The lowest BCUT2D eigenvalue weighted by Gasteiger charge is -1.89. The number of aliphatic hydroxyl groups is 1. The SMILES string of the molecule is C/C=N/OCCO. The minimum Gasteiger partial charge on any atom is -0.394 e. The molecule has 3 heteroatoms. The average molecular weight is 103 g/mol. The van der Waals surface area contributed by atoms with Crippen LogP contribution in [0.2, 0.25) is 0 Å². The molecule has 42 valence electrons. The second kappa shape index (κ2) is 5.43. The highest BCUT2D eigenvalue weighted by molar-refractivity contribution is 5.52. The summed E-state index contributed by atoms with van der Waals surface area (Å²) in [5, 5.41) is 11.5. The first-order valence-electron chi connectivity index (χ1n) is 2.12. The summed E-state index contributed by atoms with van der Waals surface area (Å²) >= 11 is 0. The van der Waals surface area contributed by atoms with Crippen molar-refractivity contribution < 1.29 is 9.94 Å². The van der Waals surface area contributed by atoms with Gasteiger partial charge in [-0.2, -0.15) is 0 Å². The van der Waals surface area contributed by atoms with Crippen molar-refractivity contribution in [1.82, 2.24) is 0 Å². The van der Waals surface area contributed by atoms with Crippen LogP contribution in [-0.4, -0.2) is 24.5 Å². The quantitative estimate of drug-likeness (QED) is 0.310. The van der Waals surface area contributed by atoms with E-state index in [0.29, 0.717) is 0 Å². The van der Waals surface area contributed by atoms with Gasteiger partial charge in [-0.25, -0.2) is 0 Å². The summed E-state index contributed by atoms with van der Waals surface area (Å²) in [5.74, 6) is 0. The molecule has 0 aliphatic rings. The maximum atomic E-state index is 8.09. The van der Waals surface area contributed by atoms with Gasteiger partial charge in [0.25, 0.3) is 0 Å². The first-order valence-corrected chi connectivity index (χ1v) is 2.12. The van der Waals surface area contributed by atoms with Crippen molar-refractivity contribution in [1.29, 1.82) is 0 Å². The smallest absolute Gasteiger partial charge is 0.140 e. The molecule has 0 bridgehead atoms. The van der Waals surface area contributed by atoms with E-state index in [0.717, 1.165) is 0 Å². The first-order chi connectivity index (χ1) is 3.41. The zero-order valence-corrected chi connectivity index (χ0v) is 4.29. The van der Waals surface area contributed by atoms with Crippen LogP contribution in [0.3, 0.4) is 0 Å². The summed E-state index contributed by atoms with van der Waals surface area (Å²) in [7, 11) is 0. The third kappa shape index (κ3) is 5.43. The Hall–Kier alpha value is -0.570. The monoisotopic (exact) mass is 103 g/mol. The van der Waals surface area contributed by atoms with Gasteiger partial charge in [0.15, 0.2) is 0 Å². The van der Waals surface area contributed by atoms with Crippen molar-refractivity contribution >= 4 is 6.21 Å². The Balaban J connectivity index is 2.69. The van der Waals surface area contributed by atoms with E-state index in [-0.39, 0.29) is 13.2 Å². The fourth-order valence-corrected chi connectivity index (χ4v) is 0.168. The number of hydrogen-bond acceptors (Lipinski definition) is 3. The summed E-state index contributed by atoms with van der Waals surface area (Å²) in [6.07, 6.45) is 1.52. The highest BCUT2D eigenvalue weighted by Gasteiger charge is 1.72. The molecule has 0 aromatic carbocycles. The van der Waals surface area contributed by atoms with Gasteiger partial charge in [-0.15, -0.1) is 0 Å². The molecule has 3 nitrogen and oxygen atoms in total. The van der Waals surface area contributed by atoms with Crippen LogP contribution in [-0.2, 0) is 4.84 Å². The van der Waals surface area contributed by atoms with E-state index in [1.807, 2.05) is 0 Å². The van der Waals surface area contributed by atoms with Gasteiger partial charge in [-0.05, 0) is 6.92 Å². The van der Waals surface area contributed by atoms with E-state index >= 15 is 0 Å². The standard InChI is InChI=1S/C4H9NO2/c1-2-5-7-4-3-6/h2,6H,3-4H2,1H3/b5-2+. The van der Waals surface area contributed by atoms with E-state index in [4.69, 9.17) is 5.11 Å². The molecular formula is C4H9NO2. The summed E-state index contributed by atoms with van der Waals surface area (Å²) in [6.45, 7) is 2.05. The van der Waals surface area contributed by atoms with Crippen LogP contribution in [0.25, 0.3) is 0 Å². The number of rotatable bonds is 3. The molecule has 1 N–H and O–H groups in total. The summed E-state index contributed by atoms with van der Waals surface area (Å²) in [5.41, 5.74) is 0. The predicted octanol–water partition coefficient (Wildman–Crippen LogP) is 0.00100. The van der Waals surface area contributed by atoms with Crippen LogP contribution in [0.5, 0.6) is 0 Å². The van der Waals surface area contributed by atoms with E-state index in [1.165, 1.54) is 6.21 Å². The highest BCUT2D eigenvalue weighted by atomic mass is 16.6. The molecule has 0 aromatic heterocycles. The Bertz CT molecular complexity index is 53.7. The van der Waals surface area contributed by atoms with Crippen molar-refractivity contribution in [2.24, 2.45) is 5.16 Å². The lowest BCUT2D eigenvalue weighted by Crippen LogP contribution is -1.92. The molecule has 0 heterocycles. The predicted molar refractivity (Wildman–Crippen MR) is 27.2 cm³/mol. The normalized spacial score (nSPS) is 10.0. The lowest BCUT2D eigenvalue weighted by atomic mass is 10.8. The Morgan fingerprint density at radius 2 is 2.57 bits per heavy atom. The van der Waals surface area contributed by atoms with Crippen molar-refractivity contribution in [3.63, 3.8) is 0 Å². The fraction of sp³-hybridized carbons (Fsp3) is 0.750. The fourth-order valence-electron chi connectivity index (χ4n) is 0.168. The maximum Gasteiger partial charge on any atom is 0.140 e. The van der Waals surface area contributed by atoms with E-state index in [2.05, 4.69) is 9.99 Å². The highest BCUT2D eigenvalue weighted by Crippen LogP contribution is 1.69. The molecule has 0 aliphatic heterocycles. The second-order valence-corrected chi connectivity index (χ2v) is 0.920. The van der Waals surface area contributed by atoms with Gasteiger partial charge in [-0.3, -0.25) is 0 Å². The minimum atomic E-state index is 0.0251. The largest absolute Gasteiger partial charge is 0.394 e. The van der Waals surface area contributed by atoms with Crippen LogP contribution in [0, 0.1) is 0 Å². The molecule has 0 saturated heterocycles. The first kappa shape index (κ1) is 6.43. The van der Waals surface area contributed by atoms with Crippen LogP contribution in [0.15, 0.2) is 5.16 Å². The van der Waals surface area contributed by atoms with Crippen molar-refractivity contribution in [2.75, 3.05) is 13.2 Å². The van der Waals surface area contributed by atoms with Gasteiger partial charge >= 0.3 is 0 Å². The van der Waals surface area contributed by atoms with Crippen LogP contribution in [0.1, 0.15) is 6.92 Å². The molecule has 0 aromatic rings. The zero-order valence-electron chi connectivity index (χ0n) is 4.29. The Labute approximate surface area is 42.6 Å². The van der Waals surface area contributed by atoms with Gasteiger partial charge < -0.3 is 9.94 Å². The maximum absolute atomic E-state index is 8.09.